The van der Waals surface area contributed by atoms with Crippen LogP contribution in [0.2, 0.25) is 0 Å². The number of benzene rings is 1. The Balaban J connectivity index is 1.82. The molecule has 1 fully saturated rings. The van der Waals surface area contributed by atoms with E-state index in [9.17, 15) is 4.79 Å². The first-order valence-electron chi connectivity index (χ1n) is 6.64. The molecule has 1 aliphatic rings. The van der Waals surface area contributed by atoms with E-state index in [1.807, 2.05) is 25.1 Å². The normalized spacial score (nSPS) is 16.5. The van der Waals surface area contributed by atoms with E-state index >= 15 is 0 Å². The third-order valence-corrected chi connectivity index (χ3v) is 3.37. The van der Waals surface area contributed by atoms with E-state index in [1.54, 1.807) is 0 Å². The number of carbonyl (C=O) groups excluding carboxylic acids is 1. The maximum absolute atomic E-state index is 11.7. The lowest BCUT2D eigenvalue weighted by Crippen LogP contribution is -2.34. The number of oxazole rings is 1. The molecule has 0 radical (unpaired) electrons. The highest BCUT2D eigenvalue weighted by Crippen LogP contribution is 2.40. The number of anilines is 1. The van der Waals surface area contributed by atoms with Gasteiger partial charge in [0.25, 0.3) is 0 Å². The largest absolute Gasteiger partial charge is 0.440 e. The van der Waals surface area contributed by atoms with Crippen LogP contribution < -0.4 is 11.1 Å². The van der Waals surface area contributed by atoms with Gasteiger partial charge in [-0.05, 0) is 37.5 Å². The van der Waals surface area contributed by atoms with Crippen LogP contribution >= 0.6 is 0 Å². The fourth-order valence-corrected chi connectivity index (χ4v) is 1.95. The molecule has 1 aliphatic carbocycles. The van der Waals surface area contributed by atoms with Gasteiger partial charge in [-0.3, -0.25) is 4.79 Å². The number of nitrogens with two attached hydrogens (primary N) is 1. The van der Waals surface area contributed by atoms with E-state index in [0.29, 0.717) is 18.0 Å². The highest BCUT2D eigenvalue weighted by Gasteiger charge is 2.28. The van der Waals surface area contributed by atoms with Crippen molar-refractivity contribution in [2.24, 2.45) is 5.73 Å². The average Bonchev–Trinajstić information content (AvgIpc) is 3.17. The van der Waals surface area contributed by atoms with Crippen LogP contribution in [-0.4, -0.2) is 16.9 Å². The van der Waals surface area contributed by atoms with Gasteiger partial charge in [-0.1, -0.05) is 6.92 Å². The first kappa shape index (κ1) is 12.2. The number of hydrogen-bond acceptors (Lipinski definition) is 4. The number of fused-ring (bicyclic) bond motifs is 1. The molecule has 5 nitrogen and oxygen atoms in total. The molecule has 0 bridgehead atoms. The molecule has 19 heavy (non-hydrogen) atoms. The number of rotatable bonds is 4. The fourth-order valence-electron chi connectivity index (χ4n) is 1.95. The van der Waals surface area contributed by atoms with Gasteiger partial charge in [0.05, 0.1) is 6.04 Å². The highest BCUT2D eigenvalue weighted by atomic mass is 16.3. The van der Waals surface area contributed by atoms with Crippen LogP contribution in [0.3, 0.4) is 0 Å². The first-order chi connectivity index (χ1) is 9.17. The van der Waals surface area contributed by atoms with Gasteiger partial charge in [0.1, 0.15) is 5.52 Å². The van der Waals surface area contributed by atoms with Gasteiger partial charge in [0.2, 0.25) is 5.91 Å². The predicted octanol–water partition coefficient (Wildman–Crippen LogP) is 2.38. The van der Waals surface area contributed by atoms with E-state index in [4.69, 9.17) is 10.2 Å². The Morgan fingerprint density at radius 2 is 2.37 bits per heavy atom. The SMILES string of the molecule is CC[C@H](N)C(=O)Nc1ccc2oc(C3CC3)nc2c1. The van der Waals surface area contributed by atoms with E-state index in [2.05, 4.69) is 10.3 Å². The van der Waals surface area contributed by atoms with Crippen LogP contribution in [0.5, 0.6) is 0 Å². The quantitative estimate of drug-likeness (QED) is 0.883. The van der Waals surface area contributed by atoms with Crippen molar-refractivity contribution in [2.75, 3.05) is 5.32 Å². The third-order valence-electron chi connectivity index (χ3n) is 3.37. The number of hydrogen-bond donors (Lipinski definition) is 2. The van der Waals surface area contributed by atoms with Crippen molar-refractivity contribution >= 4 is 22.7 Å². The Labute approximate surface area is 111 Å². The minimum absolute atomic E-state index is 0.173. The second-order valence-corrected chi connectivity index (χ2v) is 5.01. The third kappa shape index (κ3) is 2.46. The Kier molecular flexibility index (Phi) is 2.98. The summed E-state index contributed by atoms with van der Waals surface area (Å²) in [5.74, 6) is 1.12. The molecule has 3 rings (SSSR count). The van der Waals surface area contributed by atoms with E-state index in [1.165, 1.54) is 0 Å². The van der Waals surface area contributed by atoms with Gasteiger partial charge in [0, 0.05) is 11.6 Å². The molecule has 1 atom stereocenters. The van der Waals surface area contributed by atoms with Crippen molar-refractivity contribution in [3.05, 3.63) is 24.1 Å². The molecular weight excluding hydrogens is 242 g/mol. The zero-order chi connectivity index (χ0) is 13.4. The van der Waals surface area contributed by atoms with Crippen LogP contribution in [0, 0.1) is 0 Å². The van der Waals surface area contributed by atoms with Crippen LogP contribution in [0.1, 0.15) is 38.0 Å². The summed E-state index contributed by atoms with van der Waals surface area (Å²) < 4.78 is 5.67. The zero-order valence-corrected chi connectivity index (χ0v) is 10.8. The van der Waals surface area contributed by atoms with Crippen molar-refractivity contribution in [3.63, 3.8) is 0 Å². The van der Waals surface area contributed by atoms with Gasteiger partial charge in [-0.2, -0.15) is 0 Å². The lowest BCUT2D eigenvalue weighted by atomic mass is 10.2. The fraction of sp³-hybridized carbons (Fsp3) is 0.429. The van der Waals surface area contributed by atoms with Gasteiger partial charge in [-0.15, -0.1) is 0 Å². The molecule has 1 heterocycles. The minimum Gasteiger partial charge on any atom is -0.440 e. The summed E-state index contributed by atoms with van der Waals surface area (Å²) in [7, 11) is 0. The zero-order valence-electron chi connectivity index (χ0n) is 10.8. The summed E-state index contributed by atoms with van der Waals surface area (Å²) >= 11 is 0. The Morgan fingerprint density at radius 3 is 3.05 bits per heavy atom. The van der Waals surface area contributed by atoms with Crippen molar-refractivity contribution in [2.45, 2.75) is 38.1 Å². The van der Waals surface area contributed by atoms with Crippen molar-refractivity contribution in [1.29, 1.82) is 0 Å². The van der Waals surface area contributed by atoms with Crippen LogP contribution in [0.25, 0.3) is 11.1 Å². The summed E-state index contributed by atoms with van der Waals surface area (Å²) in [6.45, 7) is 1.88. The standard InChI is InChI=1S/C14H17N3O2/c1-2-10(15)13(18)16-9-5-6-12-11(7-9)17-14(19-12)8-3-4-8/h5-8,10H,2-4,15H2,1H3,(H,16,18)/t10-/m0/s1. The molecule has 1 aromatic carbocycles. The number of amides is 1. The number of carbonyl (C=O) groups is 1. The predicted molar refractivity (Wildman–Crippen MR) is 72.9 cm³/mol. The smallest absolute Gasteiger partial charge is 0.241 e. The molecule has 3 N–H and O–H groups in total. The van der Waals surface area contributed by atoms with Gasteiger partial charge < -0.3 is 15.5 Å². The first-order valence-corrected chi connectivity index (χ1v) is 6.64. The van der Waals surface area contributed by atoms with E-state index in [0.717, 1.165) is 29.8 Å². The topological polar surface area (TPSA) is 81.2 Å². The molecule has 1 amide bonds. The minimum atomic E-state index is -0.477. The summed E-state index contributed by atoms with van der Waals surface area (Å²) in [5.41, 5.74) is 7.93. The van der Waals surface area contributed by atoms with Gasteiger partial charge in [0.15, 0.2) is 11.5 Å². The summed E-state index contributed by atoms with van der Waals surface area (Å²) in [4.78, 5) is 16.2. The number of nitrogens with zero attached hydrogens (tertiary/aromatic N) is 1. The Bertz CT molecular complexity index is 616. The lowest BCUT2D eigenvalue weighted by molar-refractivity contribution is -0.117. The Hall–Kier alpha value is -1.88. The van der Waals surface area contributed by atoms with Gasteiger partial charge >= 0.3 is 0 Å². The number of aromatic nitrogens is 1. The number of nitrogens with one attached hydrogen (secondary N) is 1. The Morgan fingerprint density at radius 1 is 1.58 bits per heavy atom. The van der Waals surface area contributed by atoms with Gasteiger partial charge in [-0.25, -0.2) is 4.98 Å². The molecule has 0 unspecified atom stereocenters. The second kappa shape index (κ2) is 4.66. The van der Waals surface area contributed by atoms with Crippen LogP contribution in [-0.2, 0) is 4.79 Å². The van der Waals surface area contributed by atoms with E-state index in [-0.39, 0.29) is 5.91 Å². The van der Waals surface area contributed by atoms with Crippen LogP contribution in [0.4, 0.5) is 5.69 Å². The molecule has 1 saturated carbocycles. The van der Waals surface area contributed by atoms with E-state index < -0.39 is 6.04 Å². The average molecular weight is 259 g/mol. The highest BCUT2D eigenvalue weighted by molar-refractivity contribution is 5.96. The lowest BCUT2D eigenvalue weighted by Gasteiger charge is -2.09. The molecular formula is C14H17N3O2. The molecule has 2 aromatic rings. The second-order valence-electron chi connectivity index (χ2n) is 5.01. The van der Waals surface area contributed by atoms with Crippen molar-refractivity contribution in [3.8, 4) is 0 Å². The molecule has 0 aliphatic heterocycles. The molecule has 5 heteroatoms. The van der Waals surface area contributed by atoms with Crippen molar-refractivity contribution in [1.82, 2.24) is 4.98 Å². The summed E-state index contributed by atoms with van der Waals surface area (Å²) in [5, 5.41) is 2.79. The summed E-state index contributed by atoms with van der Waals surface area (Å²) in [6, 6.07) is 4.99. The van der Waals surface area contributed by atoms with Crippen molar-refractivity contribution < 1.29 is 9.21 Å². The maximum Gasteiger partial charge on any atom is 0.241 e. The molecule has 1 aromatic heterocycles. The molecule has 100 valence electrons. The monoisotopic (exact) mass is 259 g/mol. The molecule has 0 saturated heterocycles. The molecule has 0 spiro atoms. The van der Waals surface area contributed by atoms with Crippen LogP contribution in [0.15, 0.2) is 22.6 Å². The summed E-state index contributed by atoms with van der Waals surface area (Å²) in [6.07, 6.45) is 2.92. The maximum atomic E-state index is 11.7.